The molecule has 0 amide bonds. The predicted octanol–water partition coefficient (Wildman–Crippen LogP) is 4.16. The van der Waals surface area contributed by atoms with Gasteiger partial charge >= 0.3 is 0 Å². The lowest BCUT2D eigenvalue weighted by Gasteiger charge is -2.45. The average molecular weight is 294 g/mol. The fourth-order valence-electron chi connectivity index (χ4n) is 3.90. The molecular formula is C18H18N2O2. The molecule has 1 aliphatic carbocycles. The number of hydrogen-bond acceptors (Lipinski definition) is 3. The van der Waals surface area contributed by atoms with Crippen LogP contribution in [0.15, 0.2) is 45.1 Å². The molecule has 4 nitrogen and oxygen atoms in total. The van der Waals surface area contributed by atoms with E-state index in [9.17, 15) is 5.26 Å². The molecular weight excluding hydrogens is 276 g/mol. The summed E-state index contributed by atoms with van der Waals surface area (Å²) in [4.78, 5) is 3.68. The van der Waals surface area contributed by atoms with Crippen LogP contribution >= 0.6 is 0 Å². The van der Waals surface area contributed by atoms with Crippen molar-refractivity contribution in [1.82, 2.24) is 0 Å². The van der Waals surface area contributed by atoms with Crippen LogP contribution in [-0.2, 0) is 9.47 Å². The van der Waals surface area contributed by atoms with E-state index in [1.54, 1.807) is 0 Å². The van der Waals surface area contributed by atoms with Gasteiger partial charge in [-0.3, -0.25) is 0 Å². The highest BCUT2D eigenvalue weighted by molar-refractivity contribution is 5.71. The third kappa shape index (κ3) is 1.31. The number of rotatable bonds is 0. The zero-order valence-corrected chi connectivity index (χ0v) is 13.7. The number of ether oxygens (including phenoxy) is 2. The zero-order chi connectivity index (χ0) is 16.4. The van der Waals surface area contributed by atoms with Crippen LogP contribution in [0.3, 0.4) is 0 Å². The van der Waals surface area contributed by atoms with Crippen molar-refractivity contribution >= 4 is 0 Å². The lowest BCUT2D eigenvalue weighted by molar-refractivity contribution is -0.0954. The summed E-state index contributed by atoms with van der Waals surface area (Å²) in [6.07, 6.45) is 0. The van der Waals surface area contributed by atoms with Gasteiger partial charge in [0.25, 0.3) is 0 Å². The Bertz CT molecular complexity index is 756. The van der Waals surface area contributed by atoms with Crippen LogP contribution in [-0.4, -0.2) is 11.2 Å². The maximum atomic E-state index is 9.69. The summed E-state index contributed by atoms with van der Waals surface area (Å²) in [5.74, 6) is 1.56. The van der Waals surface area contributed by atoms with Gasteiger partial charge < -0.3 is 9.47 Å². The summed E-state index contributed by atoms with van der Waals surface area (Å²) >= 11 is 0. The fraction of sp³-hybridized carbons (Fsp3) is 0.444. The van der Waals surface area contributed by atoms with Crippen LogP contribution in [0.5, 0.6) is 0 Å². The molecule has 0 saturated heterocycles. The van der Waals surface area contributed by atoms with E-state index in [-0.39, 0.29) is 0 Å². The Morgan fingerprint density at radius 3 is 1.86 bits per heavy atom. The fourth-order valence-corrected chi connectivity index (χ4v) is 3.90. The van der Waals surface area contributed by atoms with Crippen molar-refractivity contribution in [3.63, 3.8) is 0 Å². The molecule has 0 aromatic heterocycles. The van der Waals surface area contributed by atoms with Gasteiger partial charge in [-0.25, -0.2) is 4.85 Å². The van der Waals surface area contributed by atoms with Gasteiger partial charge in [0.15, 0.2) is 11.2 Å². The molecule has 0 aromatic carbocycles. The van der Waals surface area contributed by atoms with Gasteiger partial charge in [-0.05, 0) is 52.7 Å². The molecule has 0 bridgehead atoms. The Labute approximate surface area is 130 Å². The molecule has 2 aliphatic heterocycles. The Kier molecular flexibility index (Phi) is 2.66. The van der Waals surface area contributed by atoms with E-state index in [0.717, 1.165) is 33.8 Å². The van der Waals surface area contributed by atoms with Gasteiger partial charge in [-0.2, -0.15) is 5.26 Å². The summed E-state index contributed by atoms with van der Waals surface area (Å²) in [7, 11) is 0. The van der Waals surface area contributed by atoms with E-state index in [0.29, 0.717) is 11.3 Å². The molecule has 0 radical (unpaired) electrons. The highest BCUT2D eigenvalue weighted by atomic mass is 16.6. The minimum absolute atomic E-state index is 0.393. The van der Waals surface area contributed by atoms with Gasteiger partial charge in [0, 0.05) is 11.1 Å². The maximum absolute atomic E-state index is 9.69. The highest BCUT2D eigenvalue weighted by Crippen LogP contribution is 2.59. The first-order valence-electron chi connectivity index (χ1n) is 7.24. The van der Waals surface area contributed by atoms with Gasteiger partial charge in [-0.1, -0.05) is 0 Å². The third-order valence-electron chi connectivity index (χ3n) is 5.33. The van der Waals surface area contributed by atoms with Gasteiger partial charge in [0.2, 0.25) is 5.70 Å². The minimum atomic E-state index is -0.797. The number of nitriles is 1. The average Bonchev–Trinajstić information content (AvgIpc) is 2.83. The first-order chi connectivity index (χ1) is 10.2. The second kappa shape index (κ2) is 4.05. The normalized spacial score (nSPS) is 33.3. The molecule has 2 heterocycles. The molecule has 0 spiro atoms. The summed E-state index contributed by atoms with van der Waals surface area (Å²) < 4.78 is 12.4. The number of fused-ring (bicyclic) bond motifs is 3. The van der Waals surface area contributed by atoms with Crippen molar-refractivity contribution in [1.29, 1.82) is 5.26 Å². The Balaban J connectivity index is 2.47. The van der Waals surface area contributed by atoms with E-state index in [2.05, 4.69) is 10.9 Å². The van der Waals surface area contributed by atoms with Crippen LogP contribution in [0.4, 0.5) is 0 Å². The van der Waals surface area contributed by atoms with Crippen molar-refractivity contribution in [2.45, 2.75) is 52.7 Å². The lowest BCUT2D eigenvalue weighted by Crippen LogP contribution is -2.54. The van der Waals surface area contributed by atoms with E-state index < -0.39 is 11.2 Å². The summed E-state index contributed by atoms with van der Waals surface area (Å²) in [5, 5.41) is 9.69. The molecule has 0 N–H and O–H groups in total. The third-order valence-corrected chi connectivity index (χ3v) is 5.33. The molecule has 2 atom stereocenters. The number of allylic oxidation sites excluding steroid dienone is 3. The minimum Gasteiger partial charge on any atom is -0.484 e. The highest BCUT2D eigenvalue weighted by Gasteiger charge is 2.63. The van der Waals surface area contributed by atoms with Crippen LogP contribution in [0.1, 0.15) is 41.5 Å². The lowest BCUT2D eigenvalue weighted by atomic mass is 9.67. The summed E-state index contributed by atoms with van der Waals surface area (Å²) in [6.45, 7) is 19.2. The van der Waals surface area contributed by atoms with Crippen LogP contribution in [0, 0.1) is 17.9 Å². The number of nitrogens with zero attached hydrogens (tertiary/aromatic N) is 2. The molecule has 112 valence electrons. The van der Waals surface area contributed by atoms with Gasteiger partial charge in [-0.15, -0.1) is 0 Å². The summed E-state index contributed by atoms with van der Waals surface area (Å²) in [6, 6.07) is 2.23. The maximum Gasteiger partial charge on any atom is 0.212 e. The van der Waals surface area contributed by atoms with Crippen LogP contribution < -0.4 is 0 Å². The smallest absolute Gasteiger partial charge is 0.212 e. The molecule has 0 aromatic rings. The molecule has 2 unspecified atom stereocenters. The summed E-state index contributed by atoms with van der Waals surface area (Å²) in [5.41, 5.74) is 2.63. The first-order valence-corrected chi connectivity index (χ1v) is 7.24. The van der Waals surface area contributed by atoms with E-state index in [1.165, 1.54) is 0 Å². The molecule has 3 aliphatic rings. The topological polar surface area (TPSA) is 46.6 Å². The predicted molar refractivity (Wildman–Crippen MR) is 82.0 cm³/mol. The molecule has 3 rings (SSSR count). The van der Waals surface area contributed by atoms with Gasteiger partial charge in [0.05, 0.1) is 29.7 Å². The van der Waals surface area contributed by atoms with Crippen molar-refractivity contribution in [3.8, 4) is 6.07 Å². The Hall–Kier alpha value is -2.46. The van der Waals surface area contributed by atoms with Crippen molar-refractivity contribution in [2.24, 2.45) is 0 Å². The first kappa shape index (κ1) is 14.5. The Morgan fingerprint density at radius 1 is 0.955 bits per heavy atom. The standard InChI is InChI=1S/C18H18N2O2/c1-9-11(3)21-17(5)14(9)13(8-19)16(20-7)15-10(2)12(4)22-18(15,17)6/h1-6H3. The van der Waals surface area contributed by atoms with E-state index in [4.69, 9.17) is 16.0 Å². The zero-order valence-electron chi connectivity index (χ0n) is 13.7. The van der Waals surface area contributed by atoms with Crippen molar-refractivity contribution in [2.75, 3.05) is 0 Å². The van der Waals surface area contributed by atoms with E-state index >= 15 is 0 Å². The molecule has 4 heteroatoms. The Morgan fingerprint density at radius 2 is 1.41 bits per heavy atom. The second-order valence-corrected chi connectivity index (χ2v) is 6.33. The monoisotopic (exact) mass is 294 g/mol. The second-order valence-electron chi connectivity index (χ2n) is 6.33. The van der Waals surface area contributed by atoms with E-state index in [1.807, 2.05) is 41.5 Å². The van der Waals surface area contributed by atoms with Gasteiger partial charge in [0.1, 0.15) is 0 Å². The van der Waals surface area contributed by atoms with Crippen LogP contribution in [0.2, 0.25) is 0 Å². The molecule has 0 saturated carbocycles. The molecule has 22 heavy (non-hydrogen) atoms. The quantitative estimate of drug-likeness (QED) is 0.630. The van der Waals surface area contributed by atoms with Crippen molar-refractivity contribution in [3.05, 3.63) is 56.5 Å². The SMILES string of the molecule is [C-]#[N+]C1=C2C(C)=C(C)OC2(C)C2(C)OC(C)=C(C)C2=C1C#N. The number of hydrogen-bond donors (Lipinski definition) is 0. The molecule has 0 fully saturated rings. The van der Waals surface area contributed by atoms with Crippen LogP contribution in [0.25, 0.3) is 4.85 Å². The van der Waals surface area contributed by atoms with Crippen molar-refractivity contribution < 1.29 is 9.47 Å². The largest absolute Gasteiger partial charge is 0.484 e.